The van der Waals surface area contributed by atoms with Crippen LogP contribution >= 0.6 is 0 Å². The van der Waals surface area contributed by atoms with Gasteiger partial charge in [0.1, 0.15) is 24.1 Å². The van der Waals surface area contributed by atoms with Crippen molar-refractivity contribution in [3.63, 3.8) is 0 Å². The Morgan fingerprint density at radius 1 is 0.923 bits per heavy atom. The van der Waals surface area contributed by atoms with Crippen molar-refractivity contribution < 1.29 is 9.47 Å². The number of benzene rings is 2. The highest BCUT2D eigenvalue weighted by molar-refractivity contribution is 5.95. The first-order valence-electron chi connectivity index (χ1n) is 8.41. The van der Waals surface area contributed by atoms with E-state index < -0.39 is 0 Å². The van der Waals surface area contributed by atoms with Crippen molar-refractivity contribution in [1.82, 2.24) is 14.5 Å². The fourth-order valence-corrected chi connectivity index (χ4v) is 3.02. The van der Waals surface area contributed by atoms with Gasteiger partial charge >= 0.3 is 0 Å². The van der Waals surface area contributed by atoms with E-state index in [0.717, 1.165) is 27.7 Å². The van der Waals surface area contributed by atoms with Gasteiger partial charge in [-0.05, 0) is 11.1 Å². The molecule has 0 aliphatic carbocycles. The molecule has 0 aliphatic heterocycles. The third-order valence-corrected chi connectivity index (χ3v) is 4.24. The van der Waals surface area contributed by atoms with Gasteiger partial charge in [0.25, 0.3) is 0 Å². The molecule has 0 N–H and O–H groups in total. The van der Waals surface area contributed by atoms with Gasteiger partial charge < -0.3 is 14.0 Å². The highest BCUT2D eigenvalue weighted by atomic mass is 16.5. The van der Waals surface area contributed by atoms with E-state index in [4.69, 9.17) is 9.47 Å². The second-order valence-corrected chi connectivity index (χ2v) is 5.92. The summed E-state index contributed by atoms with van der Waals surface area (Å²) >= 11 is 0. The van der Waals surface area contributed by atoms with Gasteiger partial charge in [0.15, 0.2) is 0 Å². The Balaban J connectivity index is 1.69. The number of methoxy groups -OCH3 is 1. The maximum atomic E-state index is 5.91. The molecule has 0 aliphatic rings. The van der Waals surface area contributed by atoms with E-state index in [0.29, 0.717) is 19.2 Å². The monoisotopic (exact) mass is 345 g/mol. The summed E-state index contributed by atoms with van der Waals surface area (Å²) in [6.45, 7) is 0.930. The molecule has 0 bridgehead atoms. The first-order valence-corrected chi connectivity index (χ1v) is 8.41. The first-order chi connectivity index (χ1) is 12.9. The smallest absolute Gasteiger partial charge is 0.241 e. The molecule has 0 saturated carbocycles. The molecule has 5 heteroatoms. The average molecular weight is 345 g/mol. The third kappa shape index (κ3) is 3.17. The van der Waals surface area contributed by atoms with Gasteiger partial charge in [0, 0.05) is 11.8 Å². The highest BCUT2D eigenvalue weighted by Crippen LogP contribution is 2.32. The lowest BCUT2D eigenvalue weighted by atomic mass is 10.1. The summed E-state index contributed by atoms with van der Waals surface area (Å²) in [7, 11) is 1.62. The molecule has 2 aromatic carbocycles. The molecule has 0 saturated heterocycles. The minimum Gasteiger partial charge on any atom is -0.479 e. The number of rotatable bonds is 6. The van der Waals surface area contributed by atoms with Gasteiger partial charge in [0.05, 0.1) is 13.7 Å². The van der Waals surface area contributed by atoms with Crippen molar-refractivity contribution in [2.24, 2.45) is 0 Å². The molecule has 26 heavy (non-hydrogen) atoms. The zero-order valence-electron chi connectivity index (χ0n) is 14.5. The zero-order chi connectivity index (χ0) is 17.8. The summed E-state index contributed by atoms with van der Waals surface area (Å²) in [6, 6.07) is 20.3. The molecule has 0 unspecified atom stereocenters. The molecule has 5 nitrogen and oxygen atoms in total. The van der Waals surface area contributed by atoms with E-state index >= 15 is 0 Å². The lowest BCUT2D eigenvalue weighted by Gasteiger charge is -2.08. The molecular formula is C21H19N3O2. The molecule has 2 heterocycles. The van der Waals surface area contributed by atoms with Gasteiger partial charge in [-0.3, -0.25) is 0 Å². The number of hydrogen-bond donors (Lipinski definition) is 0. The minimum atomic E-state index is 0.391. The van der Waals surface area contributed by atoms with Gasteiger partial charge in [-0.25, -0.2) is 4.98 Å². The van der Waals surface area contributed by atoms with Crippen molar-refractivity contribution in [1.29, 1.82) is 0 Å². The van der Waals surface area contributed by atoms with Gasteiger partial charge in [-0.15, -0.1) is 0 Å². The fraction of sp³-hybridized carbons (Fsp3) is 0.143. The predicted octanol–water partition coefficient (Wildman–Crippen LogP) is 4.28. The van der Waals surface area contributed by atoms with Crippen LogP contribution in [0.25, 0.3) is 22.2 Å². The summed E-state index contributed by atoms with van der Waals surface area (Å²) in [6.07, 6.45) is 3.57. The SMILES string of the molecule is COc1ncnc2c(-c3ccccc3)cn(COCc3ccccc3)c12. The summed E-state index contributed by atoms with van der Waals surface area (Å²) in [5.74, 6) is 0.542. The van der Waals surface area contributed by atoms with Crippen LogP contribution in [0.3, 0.4) is 0 Å². The average Bonchev–Trinajstić information content (AvgIpc) is 3.08. The Hall–Kier alpha value is -3.18. The number of fused-ring (bicyclic) bond motifs is 1. The lowest BCUT2D eigenvalue weighted by Crippen LogP contribution is -2.03. The Morgan fingerprint density at radius 2 is 1.65 bits per heavy atom. The molecule has 0 amide bonds. The normalized spacial score (nSPS) is 11.0. The van der Waals surface area contributed by atoms with E-state index in [1.54, 1.807) is 7.11 Å². The van der Waals surface area contributed by atoms with Gasteiger partial charge in [-0.1, -0.05) is 60.7 Å². The molecule has 0 atom stereocenters. The molecule has 4 rings (SSSR count). The number of aromatic nitrogens is 3. The van der Waals surface area contributed by atoms with Crippen molar-refractivity contribution in [2.75, 3.05) is 7.11 Å². The third-order valence-electron chi connectivity index (χ3n) is 4.24. The minimum absolute atomic E-state index is 0.391. The fourth-order valence-electron chi connectivity index (χ4n) is 3.02. The molecular weight excluding hydrogens is 326 g/mol. The van der Waals surface area contributed by atoms with Crippen molar-refractivity contribution in [2.45, 2.75) is 13.3 Å². The highest BCUT2D eigenvalue weighted by Gasteiger charge is 2.16. The van der Waals surface area contributed by atoms with Crippen LogP contribution in [0.15, 0.2) is 73.2 Å². The van der Waals surface area contributed by atoms with E-state index in [9.17, 15) is 0 Å². The molecule has 0 radical (unpaired) electrons. The van der Waals surface area contributed by atoms with Crippen LogP contribution in [0.1, 0.15) is 5.56 Å². The number of nitrogens with zero attached hydrogens (tertiary/aromatic N) is 3. The van der Waals surface area contributed by atoms with Crippen molar-refractivity contribution >= 4 is 11.0 Å². The van der Waals surface area contributed by atoms with Crippen LogP contribution in [0.2, 0.25) is 0 Å². The summed E-state index contributed by atoms with van der Waals surface area (Å²) in [5, 5.41) is 0. The molecule has 130 valence electrons. The van der Waals surface area contributed by atoms with E-state index in [-0.39, 0.29) is 0 Å². The Bertz CT molecular complexity index is 998. The lowest BCUT2D eigenvalue weighted by molar-refractivity contribution is 0.0665. The summed E-state index contributed by atoms with van der Waals surface area (Å²) in [4.78, 5) is 8.74. The molecule has 2 aromatic heterocycles. The van der Waals surface area contributed by atoms with Gasteiger partial charge in [0.2, 0.25) is 5.88 Å². The van der Waals surface area contributed by atoms with E-state index in [1.807, 2.05) is 59.3 Å². The summed E-state index contributed by atoms with van der Waals surface area (Å²) < 4.78 is 13.4. The van der Waals surface area contributed by atoms with Crippen LogP contribution in [0.5, 0.6) is 5.88 Å². The van der Waals surface area contributed by atoms with Crippen LogP contribution in [-0.2, 0) is 18.1 Å². The molecule has 4 aromatic rings. The van der Waals surface area contributed by atoms with E-state index in [2.05, 4.69) is 22.1 Å². The predicted molar refractivity (Wildman–Crippen MR) is 101 cm³/mol. The van der Waals surface area contributed by atoms with Gasteiger partial charge in [-0.2, -0.15) is 4.98 Å². The van der Waals surface area contributed by atoms with Crippen molar-refractivity contribution in [3.05, 3.63) is 78.8 Å². The molecule has 0 fully saturated rings. The number of ether oxygens (including phenoxy) is 2. The van der Waals surface area contributed by atoms with E-state index in [1.165, 1.54) is 6.33 Å². The second-order valence-electron chi connectivity index (χ2n) is 5.92. The van der Waals surface area contributed by atoms with Crippen LogP contribution in [-0.4, -0.2) is 21.6 Å². The van der Waals surface area contributed by atoms with Crippen LogP contribution in [0.4, 0.5) is 0 Å². The Morgan fingerprint density at radius 3 is 2.38 bits per heavy atom. The number of hydrogen-bond acceptors (Lipinski definition) is 4. The molecule has 0 spiro atoms. The van der Waals surface area contributed by atoms with Crippen molar-refractivity contribution in [3.8, 4) is 17.0 Å². The maximum absolute atomic E-state index is 5.91. The summed E-state index contributed by atoms with van der Waals surface area (Å²) in [5.41, 5.74) is 4.95. The standard InChI is InChI=1S/C21H19N3O2/c1-25-21-20-19(22-14-23-21)18(17-10-6-3-7-11-17)12-24(20)15-26-13-16-8-4-2-5-9-16/h2-12,14H,13,15H2,1H3. The largest absolute Gasteiger partial charge is 0.479 e. The van der Waals surface area contributed by atoms with Crippen LogP contribution < -0.4 is 4.74 Å². The first kappa shape index (κ1) is 16.3. The second kappa shape index (κ2) is 7.37. The Labute approximate surface area is 151 Å². The topological polar surface area (TPSA) is 49.2 Å². The van der Waals surface area contributed by atoms with Crippen LogP contribution in [0, 0.1) is 0 Å². The quantitative estimate of drug-likeness (QED) is 0.523. The maximum Gasteiger partial charge on any atom is 0.241 e. The Kier molecular flexibility index (Phi) is 4.62. The zero-order valence-corrected chi connectivity index (χ0v) is 14.5.